The lowest BCUT2D eigenvalue weighted by Crippen LogP contribution is -2.40. The summed E-state index contributed by atoms with van der Waals surface area (Å²) in [6.07, 6.45) is 0. The highest BCUT2D eigenvalue weighted by atomic mass is 16.5. The summed E-state index contributed by atoms with van der Waals surface area (Å²) >= 11 is 0. The topological polar surface area (TPSA) is 83.6 Å². The van der Waals surface area contributed by atoms with Gasteiger partial charge in [-0.1, -0.05) is 5.16 Å². The second-order valence-corrected chi connectivity index (χ2v) is 3.74. The molecule has 0 fully saturated rings. The average molecular weight is 226 g/mol. The predicted molar refractivity (Wildman–Crippen MR) is 55.0 cm³/mol. The summed E-state index contributed by atoms with van der Waals surface area (Å²) in [5.41, 5.74) is 0.132. The van der Waals surface area contributed by atoms with E-state index in [4.69, 9.17) is 9.63 Å². The number of carbonyl (C=O) groups is 2. The van der Waals surface area contributed by atoms with Gasteiger partial charge in [0.1, 0.15) is 12.3 Å². The predicted octanol–water partition coefficient (Wildman–Crippen LogP) is 0.918. The van der Waals surface area contributed by atoms with Crippen molar-refractivity contribution >= 4 is 11.9 Å². The smallest absolute Gasteiger partial charge is 0.323 e. The summed E-state index contributed by atoms with van der Waals surface area (Å²) in [5.74, 6) is -0.973. The fraction of sp³-hybridized carbons (Fsp3) is 0.500. The van der Waals surface area contributed by atoms with Gasteiger partial charge in [-0.25, -0.2) is 0 Å². The molecule has 0 radical (unpaired) electrons. The Labute approximate surface area is 92.8 Å². The van der Waals surface area contributed by atoms with E-state index in [9.17, 15) is 9.59 Å². The number of carbonyl (C=O) groups excluding carboxylic acids is 1. The van der Waals surface area contributed by atoms with Crippen LogP contribution < -0.4 is 0 Å². The Morgan fingerprint density at radius 1 is 1.56 bits per heavy atom. The Balaban J connectivity index is 2.87. The number of aliphatic carboxylic acids is 1. The van der Waals surface area contributed by atoms with Gasteiger partial charge < -0.3 is 14.5 Å². The molecular weight excluding hydrogens is 212 g/mol. The number of aromatic nitrogens is 1. The van der Waals surface area contributed by atoms with Gasteiger partial charge in [-0.15, -0.1) is 0 Å². The molecule has 1 N–H and O–H groups in total. The zero-order chi connectivity index (χ0) is 12.3. The summed E-state index contributed by atoms with van der Waals surface area (Å²) in [6, 6.07) is 1.28. The van der Waals surface area contributed by atoms with Crippen LogP contribution in [0.25, 0.3) is 0 Å². The van der Waals surface area contributed by atoms with Gasteiger partial charge in [-0.3, -0.25) is 9.59 Å². The van der Waals surface area contributed by atoms with Crippen molar-refractivity contribution in [2.45, 2.75) is 26.8 Å². The minimum absolute atomic E-state index is 0.132. The van der Waals surface area contributed by atoms with Crippen molar-refractivity contribution in [2.24, 2.45) is 0 Å². The SMILES string of the molecule is Cc1cc(C(=O)N(CC(=O)O)C(C)C)no1. The number of hydrogen-bond acceptors (Lipinski definition) is 4. The number of carboxylic acids is 1. The lowest BCUT2D eigenvalue weighted by molar-refractivity contribution is -0.138. The quantitative estimate of drug-likeness (QED) is 0.825. The zero-order valence-electron chi connectivity index (χ0n) is 9.43. The van der Waals surface area contributed by atoms with Gasteiger partial charge >= 0.3 is 5.97 Å². The molecule has 1 rings (SSSR count). The first-order valence-electron chi connectivity index (χ1n) is 4.88. The second kappa shape index (κ2) is 4.78. The van der Waals surface area contributed by atoms with E-state index >= 15 is 0 Å². The van der Waals surface area contributed by atoms with Gasteiger partial charge in [0, 0.05) is 12.1 Å². The molecule has 0 saturated carbocycles. The molecule has 1 heterocycles. The highest BCUT2D eigenvalue weighted by Gasteiger charge is 2.23. The first-order chi connectivity index (χ1) is 7.41. The molecule has 1 amide bonds. The Morgan fingerprint density at radius 3 is 2.56 bits per heavy atom. The summed E-state index contributed by atoms with van der Waals surface area (Å²) in [7, 11) is 0. The minimum atomic E-state index is -1.05. The minimum Gasteiger partial charge on any atom is -0.480 e. The van der Waals surface area contributed by atoms with Crippen molar-refractivity contribution in [3.63, 3.8) is 0 Å². The van der Waals surface area contributed by atoms with E-state index in [1.807, 2.05) is 0 Å². The molecular formula is C10H14N2O4. The summed E-state index contributed by atoms with van der Waals surface area (Å²) in [5, 5.41) is 12.3. The Kier molecular flexibility index (Phi) is 3.65. The van der Waals surface area contributed by atoms with E-state index in [1.54, 1.807) is 20.8 Å². The maximum absolute atomic E-state index is 11.9. The van der Waals surface area contributed by atoms with Crippen LogP contribution in [-0.4, -0.2) is 39.6 Å². The van der Waals surface area contributed by atoms with E-state index in [-0.39, 0.29) is 18.3 Å². The maximum Gasteiger partial charge on any atom is 0.323 e. The monoisotopic (exact) mass is 226 g/mol. The summed E-state index contributed by atoms with van der Waals surface area (Å²) < 4.78 is 4.78. The average Bonchev–Trinajstić information content (AvgIpc) is 2.59. The fourth-order valence-electron chi connectivity index (χ4n) is 1.25. The lowest BCUT2D eigenvalue weighted by Gasteiger charge is -2.23. The van der Waals surface area contributed by atoms with Crippen LogP contribution in [0.2, 0.25) is 0 Å². The summed E-state index contributed by atoms with van der Waals surface area (Å²) in [6.45, 7) is 4.81. The fourth-order valence-corrected chi connectivity index (χ4v) is 1.25. The summed E-state index contributed by atoms with van der Waals surface area (Å²) in [4.78, 5) is 23.7. The number of aryl methyl sites for hydroxylation is 1. The van der Waals surface area contributed by atoms with Crippen molar-refractivity contribution in [2.75, 3.05) is 6.54 Å². The molecule has 0 unspecified atom stereocenters. The van der Waals surface area contributed by atoms with E-state index in [1.165, 1.54) is 11.0 Å². The van der Waals surface area contributed by atoms with Crippen LogP contribution in [-0.2, 0) is 4.79 Å². The van der Waals surface area contributed by atoms with E-state index in [2.05, 4.69) is 5.16 Å². The van der Waals surface area contributed by atoms with Crippen LogP contribution >= 0.6 is 0 Å². The number of hydrogen-bond donors (Lipinski definition) is 1. The van der Waals surface area contributed by atoms with Gasteiger partial charge in [0.25, 0.3) is 5.91 Å². The highest BCUT2D eigenvalue weighted by molar-refractivity contribution is 5.94. The molecule has 0 bridgehead atoms. The third-order valence-electron chi connectivity index (χ3n) is 2.04. The van der Waals surface area contributed by atoms with Crippen molar-refractivity contribution in [3.8, 4) is 0 Å². The first kappa shape index (κ1) is 12.2. The van der Waals surface area contributed by atoms with Crippen molar-refractivity contribution in [1.29, 1.82) is 0 Å². The van der Waals surface area contributed by atoms with Gasteiger partial charge in [0.15, 0.2) is 5.69 Å². The lowest BCUT2D eigenvalue weighted by atomic mass is 10.2. The van der Waals surface area contributed by atoms with Gasteiger partial charge in [0.2, 0.25) is 0 Å². The second-order valence-electron chi connectivity index (χ2n) is 3.74. The molecule has 6 heteroatoms. The van der Waals surface area contributed by atoms with Crippen LogP contribution in [0.4, 0.5) is 0 Å². The van der Waals surface area contributed by atoms with Crippen LogP contribution in [0.1, 0.15) is 30.1 Å². The van der Waals surface area contributed by atoms with Crippen LogP contribution in [0.3, 0.4) is 0 Å². The molecule has 0 aliphatic rings. The first-order valence-corrected chi connectivity index (χ1v) is 4.88. The number of rotatable bonds is 4. The van der Waals surface area contributed by atoms with Gasteiger partial charge in [-0.2, -0.15) is 0 Å². The number of amides is 1. The van der Waals surface area contributed by atoms with Crippen LogP contribution in [0.15, 0.2) is 10.6 Å². The van der Waals surface area contributed by atoms with Crippen molar-refractivity contribution in [3.05, 3.63) is 17.5 Å². The Morgan fingerprint density at radius 2 is 2.19 bits per heavy atom. The maximum atomic E-state index is 11.9. The largest absolute Gasteiger partial charge is 0.480 e. The molecule has 0 atom stereocenters. The molecule has 0 aliphatic heterocycles. The van der Waals surface area contributed by atoms with Crippen LogP contribution in [0, 0.1) is 6.92 Å². The Bertz CT molecular complexity index is 397. The third-order valence-corrected chi connectivity index (χ3v) is 2.04. The molecule has 0 saturated heterocycles. The van der Waals surface area contributed by atoms with Gasteiger partial charge in [0.05, 0.1) is 0 Å². The highest BCUT2D eigenvalue weighted by Crippen LogP contribution is 2.08. The molecule has 0 spiro atoms. The molecule has 0 aliphatic carbocycles. The van der Waals surface area contributed by atoms with Crippen molar-refractivity contribution < 1.29 is 19.2 Å². The van der Waals surface area contributed by atoms with E-state index < -0.39 is 11.9 Å². The molecule has 1 aromatic heterocycles. The molecule has 0 aromatic carbocycles. The number of nitrogens with zero attached hydrogens (tertiary/aromatic N) is 2. The molecule has 6 nitrogen and oxygen atoms in total. The zero-order valence-corrected chi connectivity index (χ0v) is 9.43. The Hall–Kier alpha value is -1.85. The number of carboxylic acid groups (broad SMARTS) is 1. The van der Waals surface area contributed by atoms with Crippen molar-refractivity contribution in [1.82, 2.24) is 10.1 Å². The standard InChI is InChI=1S/C10H14N2O4/c1-6(2)12(5-9(13)14)10(15)8-4-7(3)16-11-8/h4,6H,5H2,1-3H3,(H,13,14). The molecule has 88 valence electrons. The third kappa shape index (κ3) is 2.82. The molecule has 1 aromatic rings. The molecule has 16 heavy (non-hydrogen) atoms. The van der Waals surface area contributed by atoms with Crippen LogP contribution in [0.5, 0.6) is 0 Å². The normalized spacial score (nSPS) is 10.5. The van der Waals surface area contributed by atoms with E-state index in [0.29, 0.717) is 5.76 Å². The van der Waals surface area contributed by atoms with Gasteiger partial charge in [-0.05, 0) is 20.8 Å². The van der Waals surface area contributed by atoms with E-state index in [0.717, 1.165) is 0 Å².